The molecule has 5 nitrogen and oxygen atoms in total. The molecule has 1 atom stereocenters. The smallest absolute Gasteiger partial charge is 0.264 e. The van der Waals surface area contributed by atoms with E-state index in [4.69, 9.17) is 0 Å². The molecule has 0 saturated heterocycles. The Morgan fingerprint density at radius 3 is 2.80 bits per heavy atom. The molecule has 1 aromatic heterocycles. The first-order valence-corrected chi connectivity index (χ1v) is 9.65. The Labute approximate surface area is 146 Å². The highest BCUT2D eigenvalue weighted by atomic mass is 32.2. The number of aromatic nitrogens is 1. The van der Waals surface area contributed by atoms with E-state index in [0.717, 1.165) is 5.39 Å². The highest BCUT2D eigenvalue weighted by Gasteiger charge is 2.31. The van der Waals surface area contributed by atoms with Gasteiger partial charge in [0.1, 0.15) is 0 Å². The van der Waals surface area contributed by atoms with Crippen molar-refractivity contribution in [3.05, 3.63) is 66.5 Å². The molecule has 0 bridgehead atoms. The molecule has 3 aromatic rings. The Kier molecular flexibility index (Phi) is 3.94. The second-order valence-corrected chi connectivity index (χ2v) is 7.98. The molecule has 2 aromatic carbocycles. The lowest BCUT2D eigenvalue weighted by atomic mass is 10.1. The summed E-state index contributed by atoms with van der Waals surface area (Å²) < 4.78 is 28.3. The molecule has 0 spiro atoms. The topological polar surface area (TPSA) is 70.5 Å². The fraction of sp³-hybridized carbons (Fsp3) is 0.211. The highest BCUT2D eigenvalue weighted by Crippen LogP contribution is 2.37. The van der Waals surface area contributed by atoms with E-state index in [1.165, 1.54) is 4.31 Å². The van der Waals surface area contributed by atoms with Gasteiger partial charge in [-0.25, -0.2) is 8.42 Å². The largest absolute Gasteiger partial charge is 0.388 e. The summed E-state index contributed by atoms with van der Waals surface area (Å²) in [6, 6.07) is 14.1. The number of anilines is 1. The third-order valence-electron chi connectivity index (χ3n) is 4.61. The van der Waals surface area contributed by atoms with Crippen molar-refractivity contribution in [2.45, 2.75) is 23.8 Å². The van der Waals surface area contributed by atoms with Gasteiger partial charge in [-0.15, -0.1) is 0 Å². The zero-order valence-electron chi connectivity index (χ0n) is 13.5. The second-order valence-electron chi connectivity index (χ2n) is 6.15. The van der Waals surface area contributed by atoms with Gasteiger partial charge in [0.2, 0.25) is 0 Å². The lowest BCUT2D eigenvalue weighted by Crippen LogP contribution is -2.32. The molecule has 128 valence electrons. The number of benzene rings is 2. The lowest BCUT2D eigenvalue weighted by Gasteiger charge is -2.25. The third kappa shape index (κ3) is 2.67. The highest BCUT2D eigenvalue weighted by molar-refractivity contribution is 7.93. The molecule has 0 fully saturated rings. The van der Waals surface area contributed by atoms with E-state index >= 15 is 0 Å². The van der Waals surface area contributed by atoms with Crippen molar-refractivity contribution in [1.82, 2.24) is 4.98 Å². The van der Waals surface area contributed by atoms with E-state index in [2.05, 4.69) is 4.98 Å². The zero-order chi connectivity index (χ0) is 17.4. The maximum Gasteiger partial charge on any atom is 0.264 e. The van der Waals surface area contributed by atoms with Gasteiger partial charge < -0.3 is 5.11 Å². The monoisotopic (exact) mass is 354 g/mol. The first-order valence-electron chi connectivity index (χ1n) is 8.21. The van der Waals surface area contributed by atoms with Crippen LogP contribution >= 0.6 is 0 Å². The van der Waals surface area contributed by atoms with Crippen LogP contribution in [0.2, 0.25) is 0 Å². The molecule has 2 heterocycles. The molecule has 4 rings (SSSR count). The summed E-state index contributed by atoms with van der Waals surface area (Å²) in [6.07, 6.45) is 3.76. The van der Waals surface area contributed by atoms with Crippen LogP contribution in [0.3, 0.4) is 0 Å². The predicted molar refractivity (Wildman–Crippen MR) is 96.9 cm³/mol. The van der Waals surface area contributed by atoms with Gasteiger partial charge in [-0.3, -0.25) is 9.29 Å². The number of rotatable bonds is 2. The van der Waals surface area contributed by atoms with Crippen LogP contribution in [0.4, 0.5) is 5.69 Å². The van der Waals surface area contributed by atoms with Crippen molar-refractivity contribution in [1.29, 1.82) is 0 Å². The van der Waals surface area contributed by atoms with Gasteiger partial charge in [0, 0.05) is 35.3 Å². The summed E-state index contributed by atoms with van der Waals surface area (Å²) in [5.41, 5.74) is 1.21. The fourth-order valence-electron chi connectivity index (χ4n) is 3.39. The average Bonchev–Trinajstić information content (AvgIpc) is 2.81. The Hall–Kier alpha value is -2.44. The molecular formula is C19H18N2O3S. The van der Waals surface area contributed by atoms with Gasteiger partial charge in [0.25, 0.3) is 10.0 Å². The van der Waals surface area contributed by atoms with Crippen molar-refractivity contribution in [2.24, 2.45) is 0 Å². The maximum atomic E-state index is 13.4. The molecule has 0 radical (unpaired) electrons. The van der Waals surface area contributed by atoms with E-state index in [9.17, 15) is 13.5 Å². The molecule has 1 N–H and O–H groups in total. The van der Waals surface area contributed by atoms with Crippen molar-refractivity contribution in [3.8, 4) is 0 Å². The molecule has 0 aliphatic carbocycles. The molecule has 1 aliphatic heterocycles. The van der Waals surface area contributed by atoms with Gasteiger partial charge in [0.15, 0.2) is 0 Å². The summed E-state index contributed by atoms with van der Waals surface area (Å²) in [6.45, 7) is 0.345. The molecule has 0 amide bonds. The average molecular weight is 354 g/mol. The number of hydrogen-bond donors (Lipinski definition) is 1. The Morgan fingerprint density at radius 2 is 1.92 bits per heavy atom. The van der Waals surface area contributed by atoms with Crippen LogP contribution in [-0.4, -0.2) is 25.1 Å². The summed E-state index contributed by atoms with van der Waals surface area (Å²) >= 11 is 0. The van der Waals surface area contributed by atoms with Crippen LogP contribution in [0.15, 0.2) is 65.8 Å². The normalized spacial score (nSPS) is 18.0. The van der Waals surface area contributed by atoms with Crippen LogP contribution in [0.5, 0.6) is 0 Å². The Balaban J connectivity index is 1.92. The lowest BCUT2D eigenvalue weighted by molar-refractivity contribution is 0.168. The van der Waals surface area contributed by atoms with Crippen LogP contribution in [-0.2, 0) is 10.0 Å². The van der Waals surface area contributed by atoms with Crippen molar-refractivity contribution in [2.75, 3.05) is 10.8 Å². The molecule has 1 aliphatic rings. The Morgan fingerprint density at radius 1 is 1.08 bits per heavy atom. The van der Waals surface area contributed by atoms with Crippen LogP contribution in [0, 0.1) is 0 Å². The fourth-order valence-corrected chi connectivity index (χ4v) is 5.13. The molecular weight excluding hydrogens is 336 g/mol. The van der Waals surface area contributed by atoms with E-state index in [1.54, 1.807) is 48.8 Å². The summed E-state index contributed by atoms with van der Waals surface area (Å²) in [4.78, 5) is 4.33. The van der Waals surface area contributed by atoms with E-state index in [-0.39, 0.29) is 4.90 Å². The van der Waals surface area contributed by atoms with Gasteiger partial charge in [0.05, 0.1) is 16.7 Å². The summed E-state index contributed by atoms with van der Waals surface area (Å²) in [7, 11) is -3.75. The number of nitrogens with zero attached hydrogens (tertiary/aromatic N) is 2. The molecule has 25 heavy (non-hydrogen) atoms. The van der Waals surface area contributed by atoms with Crippen molar-refractivity contribution < 1.29 is 13.5 Å². The van der Waals surface area contributed by atoms with Crippen LogP contribution in [0.1, 0.15) is 24.5 Å². The van der Waals surface area contributed by atoms with E-state index in [1.807, 2.05) is 12.1 Å². The van der Waals surface area contributed by atoms with Crippen molar-refractivity contribution in [3.63, 3.8) is 0 Å². The predicted octanol–water partition coefficient (Wildman–Crippen LogP) is 3.26. The Bertz CT molecular complexity index is 1030. The first kappa shape index (κ1) is 16.1. The number of fused-ring (bicyclic) bond motifs is 2. The van der Waals surface area contributed by atoms with Gasteiger partial charge in [-0.2, -0.15) is 0 Å². The number of para-hydroxylation sites is 1. The second kappa shape index (κ2) is 6.13. The zero-order valence-corrected chi connectivity index (χ0v) is 14.4. The standard InChI is InChI=1S/C19H18N2O3S/c22-18-8-4-12-21(17-7-2-1-6-16(17)18)25(23,24)19-9-3-5-14-13-20-11-10-15(14)19/h1-3,5-7,9-11,13,18,22H,4,8,12H2/t18-/m0/s1. The van der Waals surface area contributed by atoms with Crippen LogP contribution in [0.25, 0.3) is 10.8 Å². The number of aliphatic hydroxyl groups is 1. The minimum Gasteiger partial charge on any atom is -0.388 e. The van der Waals surface area contributed by atoms with Crippen molar-refractivity contribution >= 4 is 26.5 Å². The molecule has 0 unspecified atom stereocenters. The first-order chi connectivity index (χ1) is 12.1. The number of hydrogen-bond acceptors (Lipinski definition) is 4. The molecule has 6 heteroatoms. The SMILES string of the molecule is O=S(=O)(c1cccc2cnccc12)N1CCC[C@H](O)c2ccccc21. The molecule has 0 saturated carbocycles. The minimum absolute atomic E-state index is 0.263. The summed E-state index contributed by atoms with van der Waals surface area (Å²) in [5.74, 6) is 0. The van der Waals surface area contributed by atoms with E-state index in [0.29, 0.717) is 36.0 Å². The van der Waals surface area contributed by atoms with Gasteiger partial charge in [-0.1, -0.05) is 30.3 Å². The quantitative estimate of drug-likeness (QED) is 0.767. The maximum absolute atomic E-state index is 13.4. The van der Waals surface area contributed by atoms with Gasteiger partial charge >= 0.3 is 0 Å². The number of pyridine rings is 1. The van der Waals surface area contributed by atoms with Gasteiger partial charge in [-0.05, 0) is 31.0 Å². The third-order valence-corrected chi connectivity index (χ3v) is 6.48. The minimum atomic E-state index is -3.75. The summed E-state index contributed by atoms with van der Waals surface area (Å²) in [5, 5.41) is 11.8. The number of aliphatic hydroxyl groups excluding tert-OH is 1. The van der Waals surface area contributed by atoms with E-state index < -0.39 is 16.1 Å². The van der Waals surface area contributed by atoms with Crippen LogP contribution < -0.4 is 4.31 Å². The number of sulfonamides is 1.